The van der Waals surface area contributed by atoms with Crippen molar-refractivity contribution in [3.05, 3.63) is 112 Å². The van der Waals surface area contributed by atoms with Crippen LogP contribution in [0.15, 0.2) is 90.0 Å². The minimum atomic E-state index is -1.36. The highest BCUT2D eigenvalue weighted by molar-refractivity contribution is 6.06. The molecule has 0 spiro atoms. The van der Waals surface area contributed by atoms with Crippen LogP contribution in [0.3, 0.4) is 0 Å². The molecule has 71 heavy (non-hydrogen) atoms. The van der Waals surface area contributed by atoms with E-state index in [9.17, 15) is 53.1 Å². The molecule has 0 aliphatic carbocycles. The highest BCUT2D eigenvalue weighted by atomic mass is 16.5. The van der Waals surface area contributed by atoms with Crippen LogP contribution in [-0.2, 0) is 51.3 Å². The van der Waals surface area contributed by atoms with Crippen molar-refractivity contribution >= 4 is 69.9 Å². The maximum atomic E-state index is 14.1. The molecule has 8 N–H and O–H groups in total. The second-order valence-electron chi connectivity index (χ2n) is 17.4. The van der Waals surface area contributed by atoms with Gasteiger partial charge in [0.2, 0.25) is 35.4 Å². The molecule has 0 saturated carbocycles. The summed E-state index contributed by atoms with van der Waals surface area (Å²) in [6.45, 7) is 1.83. The van der Waals surface area contributed by atoms with Crippen molar-refractivity contribution in [3.8, 4) is 0 Å². The van der Waals surface area contributed by atoms with E-state index in [0.29, 0.717) is 32.1 Å². The van der Waals surface area contributed by atoms with Crippen LogP contribution in [0.25, 0.3) is 10.9 Å². The minimum absolute atomic E-state index is 0.0704. The van der Waals surface area contributed by atoms with Crippen LogP contribution in [0, 0.1) is 0 Å². The van der Waals surface area contributed by atoms with Gasteiger partial charge in [0, 0.05) is 48.9 Å². The molecule has 2 saturated heterocycles. The van der Waals surface area contributed by atoms with Crippen LogP contribution in [0.2, 0.25) is 0 Å². The molecule has 2 aromatic carbocycles. The zero-order valence-corrected chi connectivity index (χ0v) is 39.5. The molecule has 7 amide bonds. The smallest absolute Gasteiger partial charge is 0.336 e. The number of nitrogens with two attached hydrogens (primary N) is 1. The number of amides is 7. The number of hydrogen-bond acceptors (Lipinski definition) is 11. The standard InChI is InChI=1S/C50H59N9O12/c1-3-4-17-35(54-45(64)36(19-9-10-23-42(61)71-2)53-44(63)32-15-5-6-16-33(32)50(69)70)46(65)55-37-20-11-24-57(48(37)67)29-41(60)58-25-13-22-40(58)47(66)56-38(49(68)59-26-12-21-39(59)43(51)62)27-30-28-52-34-18-8-7-14-31(30)34/h5-8,10-11,14-16,18,20,23-24,28,35-36,38-40,52H,3-4,9,12-13,17,19,21-22,25-27,29H2,1-2H3,(H2,51,62)(H,53,63)(H,54,64)(H,55,65)(H,56,66)(H,69,70)/b23-10+/t35-,36-,38-,39-,40-/m0/s1. The first-order chi connectivity index (χ1) is 34.1. The van der Waals surface area contributed by atoms with E-state index in [1.807, 2.05) is 31.2 Å². The molecular formula is C50H59N9O12. The summed E-state index contributed by atoms with van der Waals surface area (Å²) >= 11 is 0. The van der Waals surface area contributed by atoms with E-state index in [0.717, 1.165) is 27.1 Å². The maximum absolute atomic E-state index is 14.1. The van der Waals surface area contributed by atoms with E-state index < -0.39 is 95.6 Å². The molecule has 2 aliphatic heterocycles. The molecule has 376 valence electrons. The number of primary amides is 1. The summed E-state index contributed by atoms with van der Waals surface area (Å²) in [6, 6.07) is 10.2. The Hall–Kier alpha value is -8.10. The number of carbonyl (C=O) groups is 9. The highest BCUT2D eigenvalue weighted by Crippen LogP contribution is 2.24. The third kappa shape index (κ3) is 13.2. The Morgan fingerprint density at radius 1 is 0.831 bits per heavy atom. The van der Waals surface area contributed by atoms with Gasteiger partial charge in [-0.15, -0.1) is 0 Å². The number of likely N-dealkylation sites (tertiary alicyclic amines) is 2. The number of anilines is 1. The molecule has 21 heteroatoms. The first-order valence-corrected chi connectivity index (χ1v) is 23.5. The first kappa shape index (κ1) is 52.3. The number of benzene rings is 2. The second-order valence-corrected chi connectivity index (χ2v) is 17.4. The van der Waals surface area contributed by atoms with Crippen molar-refractivity contribution in [1.82, 2.24) is 35.3 Å². The SMILES string of the molecule is CCCC[C@H](NC(=O)[C@H](CC/C=C/C(=O)OC)NC(=O)c1ccccc1C(=O)O)C(=O)Nc1cccn(CC(=O)N2CCC[C@H]2C(=O)N[C@@H](Cc2c[nH]c3ccccc23)C(=O)N2CCC[C@H]2C(N)=O)c1=O. The molecule has 4 aromatic rings. The fraction of sp³-hybridized carbons (Fsp3) is 0.400. The zero-order chi connectivity index (χ0) is 51.2. The predicted molar refractivity (Wildman–Crippen MR) is 258 cm³/mol. The number of esters is 1. The summed E-state index contributed by atoms with van der Waals surface area (Å²) in [4.78, 5) is 139. The Labute approximate surface area is 408 Å². The highest BCUT2D eigenvalue weighted by Gasteiger charge is 2.40. The lowest BCUT2D eigenvalue weighted by Gasteiger charge is -2.30. The van der Waals surface area contributed by atoms with Crippen LogP contribution in [-0.4, -0.2) is 128 Å². The van der Waals surface area contributed by atoms with Crippen molar-refractivity contribution in [1.29, 1.82) is 0 Å². The lowest BCUT2D eigenvalue weighted by atomic mass is 10.0. The Balaban J connectivity index is 1.15. The van der Waals surface area contributed by atoms with Gasteiger partial charge < -0.3 is 56.2 Å². The van der Waals surface area contributed by atoms with Crippen LogP contribution in [0.1, 0.15) is 91.0 Å². The first-order valence-electron chi connectivity index (χ1n) is 23.5. The second kappa shape index (κ2) is 24.4. The van der Waals surface area contributed by atoms with Crippen LogP contribution < -0.4 is 32.6 Å². The lowest BCUT2D eigenvalue weighted by molar-refractivity contribution is -0.143. The zero-order valence-electron chi connectivity index (χ0n) is 39.5. The average Bonchev–Trinajstić information content (AvgIpc) is 4.16. The third-order valence-electron chi connectivity index (χ3n) is 12.6. The van der Waals surface area contributed by atoms with Crippen molar-refractivity contribution in [2.24, 2.45) is 5.73 Å². The van der Waals surface area contributed by atoms with Crippen molar-refractivity contribution in [2.45, 2.75) is 108 Å². The number of aromatic carboxylic acids is 1. The molecule has 6 rings (SSSR count). The van der Waals surface area contributed by atoms with E-state index in [4.69, 9.17) is 5.73 Å². The van der Waals surface area contributed by atoms with E-state index in [1.54, 1.807) is 6.20 Å². The predicted octanol–water partition coefficient (Wildman–Crippen LogP) is 2.14. The Kier molecular flexibility index (Phi) is 18.0. The number of hydrogen-bond donors (Lipinski definition) is 7. The number of pyridine rings is 1. The van der Waals surface area contributed by atoms with Gasteiger partial charge in [0.15, 0.2) is 0 Å². The molecule has 0 bridgehead atoms. The van der Waals surface area contributed by atoms with Gasteiger partial charge in [-0.05, 0) is 80.8 Å². The van der Waals surface area contributed by atoms with E-state index in [1.165, 1.54) is 65.6 Å². The molecular weight excluding hydrogens is 919 g/mol. The van der Waals surface area contributed by atoms with Crippen molar-refractivity contribution in [2.75, 3.05) is 25.5 Å². The van der Waals surface area contributed by atoms with E-state index >= 15 is 0 Å². The van der Waals surface area contributed by atoms with Gasteiger partial charge in [-0.3, -0.25) is 38.4 Å². The number of rotatable bonds is 22. The summed E-state index contributed by atoms with van der Waals surface area (Å²) < 4.78 is 5.68. The normalized spacial score (nSPS) is 16.8. The Morgan fingerprint density at radius 2 is 1.52 bits per heavy atom. The quantitative estimate of drug-likeness (QED) is 0.0441. The number of para-hydroxylation sites is 1. The summed E-state index contributed by atoms with van der Waals surface area (Å²) in [6.07, 6.45) is 8.69. The number of fused-ring (bicyclic) bond motifs is 1. The summed E-state index contributed by atoms with van der Waals surface area (Å²) in [5, 5.41) is 21.2. The van der Waals surface area contributed by atoms with Crippen molar-refractivity contribution in [3.63, 3.8) is 0 Å². The third-order valence-corrected chi connectivity index (χ3v) is 12.6. The van der Waals surface area contributed by atoms with Gasteiger partial charge >= 0.3 is 11.9 Å². The maximum Gasteiger partial charge on any atom is 0.336 e. The summed E-state index contributed by atoms with van der Waals surface area (Å²) in [5.41, 5.74) is 5.77. The average molecular weight is 978 g/mol. The molecule has 5 atom stereocenters. The number of ether oxygens (including phenoxy) is 1. The number of nitrogens with zero attached hydrogens (tertiary/aromatic N) is 3. The molecule has 0 unspecified atom stereocenters. The molecule has 2 aliphatic rings. The number of unbranched alkanes of at least 4 members (excludes halogenated alkanes) is 1. The number of H-pyrrole nitrogens is 1. The van der Waals surface area contributed by atoms with Gasteiger partial charge in [-0.25, -0.2) is 9.59 Å². The van der Waals surface area contributed by atoms with E-state index in [-0.39, 0.29) is 62.0 Å². The van der Waals surface area contributed by atoms with Crippen LogP contribution in [0.5, 0.6) is 0 Å². The number of nitrogens with one attached hydrogen (secondary N) is 5. The monoisotopic (exact) mass is 977 g/mol. The van der Waals surface area contributed by atoms with Crippen LogP contribution in [0.4, 0.5) is 5.69 Å². The molecule has 0 radical (unpaired) electrons. The largest absolute Gasteiger partial charge is 0.478 e. The number of carbonyl (C=O) groups excluding carboxylic acids is 8. The summed E-state index contributed by atoms with van der Waals surface area (Å²) in [7, 11) is 1.19. The Morgan fingerprint density at radius 3 is 2.24 bits per heavy atom. The van der Waals surface area contributed by atoms with E-state index in [2.05, 4.69) is 31.0 Å². The molecule has 4 heterocycles. The topological polar surface area (TPSA) is 302 Å². The number of methoxy groups -OCH3 is 1. The van der Waals surface area contributed by atoms with Gasteiger partial charge in [-0.1, -0.05) is 56.2 Å². The number of aromatic amines is 1. The molecule has 2 fully saturated rings. The number of carboxylic acids is 1. The summed E-state index contributed by atoms with van der Waals surface area (Å²) in [5.74, 6) is -6.72. The Bertz CT molecular complexity index is 2750. The van der Waals surface area contributed by atoms with Gasteiger partial charge in [0.25, 0.3) is 11.5 Å². The molecule has 21 nitrogen and oxygen atoms in total. The van der Waals surface area contributed by atoms with Crippen LogP contribution >= 0.6 is 0 Å². The number of aromatic nitrogens is 2. The lowest BCUT2D eigenvalue weighted by Crippen LogP contribution is -2.56. The fourth-order valence-corrected chi connectivity index (χ4v) is 8.90. The minimum Gasteiger partial charge on any atom is -0.478 e. The van der Waals surface area contributed by atoms with Gasteiger partial charge in [-0.2, -0.15) is 0 Å². The van der Waals surface area contributed by atoms with Gasteiger partial charge in [0.1, 0.15) is 42.4 Å². The van der Waals surface area contributed by atoms with Gasteiger partial charge in [0.05, 0.1) is 18.2 Å². The molecule has 2 aromatic heterocycles. The number of carboxylic acid groups (broad SMARTS) is 1. The fourth-order valence-electron chi connectivity index (χ4n) is 8.90. The van der Waals surface area contributed by atoms with Crippen molar-refractivity contribution < 1.29 is 53.0 Å². The number of allylic oxidation sites excluding steroid dienone is 1.